The van der Waals surface area contributed by atoms with Gasteiger partial charge in [-0.25, -0.2) is 4.98 Å². The van der Waals surface area contributed by atoms with Gasteiger partial charge in [0.1, 0.15) is 6.04 Å². The van der Waals surface area contributed by atoms with Crippen LogP contribution in [0.5, 0.6) is 0 Å². The maximum absolute atomic E-state index is 13.5. The smallest absolute Gasteiger partial charge is 0.245 e. The van der Waals surface area contributed by atoms with Gasteiger partial charge in [-0.15, -0.1) is 11.3 Å². The van der Waals surface area contributed by atoms with Gasteiger partial charge in [-0.3, -0.25) is 14.4 Å². The number of carbonyl (C=O) groups excluding carboxylic acids is 3. The lowest BCUT2D eigenvalue weighted by molar-refractivity contribution is -0.139. The number of nitrogens with two attached hydrogens (primary N) is 1. The monoisotopic (exact) mass is 633 g/mol. The Bertz CT molecular complexity index is 1200. The fraction of sp³-hybridized carbons (Fsp3) is 0.613. The largest absolute Gasteiger partial charge is 0.390 e. The first kappa shape index (κ1) is 35.5. The second kappa shape index (κ2) is 17.5. The number of aryl methyl sites for hydroxylation is 1. The molecule has 0 aliphatic carbocycles. The molecule has 1 aromatic carbocycles. The van der Waals surface area contributed by atoms with Crippen molar-refractivity contribution in [2.24, 2.45) is 17.1 Å². The highest BCUT2D eigenvalue weighted by molar-refractivity contribution is 7.13. The fourth-order valence-corrected chi connectivity index (χ4v) is 5.56. The van der Waals surface area contributed by atoms with Crippen molar-refractivity contribution in [3.63, 3.8) is 0 Å². The highest BCUT2D eigenvalue weighted by atomic mass is 32.1. The van der Waals surface area contributed by atoms with Crippen LogP contribution in [0.2, 0.25) is 0 Å². The van der Waals surface area contributed by atoms with Crippen LogP contribution in [0.25, 0.3) is 10.4 Å². The van der Waals surface area contributed by atoms with Gasteiger partial charge in [-0.2, -0.15) is 0 Å². The summed E-state index contributed by atoms with van der Waals surface area (Å²) in [6.07, 6.45) is -0.924. The predicted molar refractivity (Wildman–Crippen MR) is 168 cm³/mol. The molecule has 0 unspecified atom stereocenters. The van der Waals surface area contributed by atoms with Crippen LogP contribution in [0, 0.1) is 18.3 Å². The van der Waals surface area contributed by atoms with E-state index < -0.39 is 23.5 Å². The normalized spacial score (nSPS) is 17.5. The number of likely N-dealkylation sites (tertiary alicyclic amines) is 1. The number of carbonyl (C=O) groups is 3. The Hall–Kier alpha value is -2.94. The molecular weight excluding hydrogens is 586 g/mol. The maximum Gasteiger partial charge on any atom is 0.245 e. The van der Waals surface area contributed by atoms with Crippen molar-refractivity contribution in [3.8, 4) is 10.4 Å². The Morgan fingerprint density at radius 1 is 1.05 bits per heavy atom. The van der Waals surface area contributed by atoms with Crippen LogP contribution in [0.4, 0.5) is 0 Å². The van der Waals surface area contributed by atoms with Gasteiger partial charge in [-0.1, -0.05) is 45.0 Å². The Morgan fingerprint density at radius 3 is 2.27 bits per heavy atom. The summed E-state index contributed by atoms with van der Waals surface area (Å²) in [6, 6.07) is 7.06. The summed E-state index contributed by atoms with van der Waals surface area (Å²) in [5.74, 6) is -1.74. The van der Waals surface area contributed by atoms with Crippen LogP contribution in [0.15, 0.2) is 29.8 Å². The van der Waals surface area contributed by atoms with Crippen LogP contribution in [-0.2, 0) is 35.1 Å². The second-order valence-corrected chi connectivity index (χ2v) is 12.7. The summed E-state index contributed by atoms with van der Waals surface area (Å²) in [4.78, 5) is 46.0. The fourth-order valence-electron chi connectivity index (χ4n) is 4.75. The van der Waals surface area contributed by atoms with E-state index in [9.17, 15) is 19.5 Å². The second-order valence-electron chi connectivity index (χ2n) is 11.8. The predicted octanol–water partition coefficient (Wildman–Crippen LogP) is 1.48. The quantitative estimate of drug-likeness (QED) is 0.189. The third kappa shape index (κ3) is 10.9. The van der Waals surface area contributed by atoms with E-state index in [0.29, 0.717) is 46.1 Å². The molecule has 12 nitrogen and oxygen atoms in total. The number of thiazole rings is 1. The number of aliphatic hydroxyl groups excluding tert-OH is 1. The first-order valence-corrected chi connectivity index (χ1v) is 15.9. The van der Waals surface area contributed by atoms with Gasteiger partial charge in [0.05, 0.1) is 67.7 Å². The molecule has 2 heterocycles. The van der Waals surface area contributed by atoms with Gasteiger partial charge in [-0.05, 0) is 23.5 Å². The van der Waals surface area contributed by atoms with Crippen molar-refractivity contribution < 1.29 is 33.7 Å². The Kier molecular flexibility index (Phi) is 14.2. The molecule has 5 N–H and O–H groups in total. The average molecular weight is 634 g/mol. The van der Waals surface area contributed by atoms with E-state index in [1.165, 1.54) is 4.90 Å². The number of β-amino-alcohol motifs (C(OH)–C–C–N with tert-alkyl or cyclic N) is 1. The number of aliphatic hydroxyl groups is 1. The SMILES string of the molecule is Cc1ncsc1-c1ccc(CNC(=O)[C@@H]2CN(C(=O)[C@H](NC(=O)CCOCCOCCOCCN)C(C)(C)C)C[C@H]2O)cc1. The minimum Gasteiger partial charge on any atom is -0.390 e. The van der Waals surface area contributed by atoms with Gasteiger partial charge < -0.3 is 40.6 Å². The molecular formula is C31H47N5O7S. The van der Waals surface area contributed by atoms with Crippen LogP contribution < -0.4 is 16.4 Å². The van der Waals surface area contributed by atoms with Gasteiger partial charge in [0.2, 0.25) is 17.7 Å². The molecule has 1 aliphatic heterocycles. The lowest BCUT2D eigenvalue weighted by Crippen LogP contribution is -2.54. The molecule has 13 heteroatoms. The van der Waals surface area contributed by atoms with E-state index in [1.807, 2.05) is 57.5 Å². The Labute approximate surface area is 263 Å². The maximum atomic E-state index is 13.5. The molecule has 0 spiro atoms. The zero-order valence-electron chi connectivity index (χ0n) is 26.2. The number of aromatic nitrogens is 1. The molecule has 3 rings (SSSR count). The molecule has 1 aliphatic rings. The summed E-state index contributed by atoms with van der Waals surface area (Å²) in [6.45, 7) is 10.7. The highest BCUT2D eigenvalue weighted by Gasteiger charge is 2.43. The van der Waals surface area contributed by atoms with Crippen molar-refractivity contribution in [2.45, 2.75) is 52.8 Å². The van der Waals surface area contributed by atoms with Crippen molar-refractivity contribution in [1.29, 1.82) is 0 Å². The highest BCUT2D eigenvalue weighted by Crippen LogP contribution is 2.28. The van der Waals surface area contributed by atoms with Crippen LogP contribution in [0.3, 0.4) is 0 Å². The summed E-state index contributed by atoms with van der Waals surface area (Å²) in [7, 11) is 0. The third-order valence-corrected chi connectivity index (χ3v) is 8.24. The zero-order valence-corrected chi connectivity index (χ0v) is 27.0. The van der Waals surface area contributed by atoms with Crippen LogP contribution >= 0.6 is 11.3 Å². The minimum atomic E-state index is -1.00. The summed E-state index contributed by atoms with van der Waals surface area (Å²) in [5.41, 5.74) is 9.54. The average Bonchev–Trinajstić information content (AvgIpc) is 3.60. The minimum absolute atomic E-state index is 0.0165. The lowest BCUT2D eigenvalue weighted by atomic mass is 9.85. The Balaban J connectivity index is 1.43. The first-order chi connectivity index (χ1) is 21.0. The van der Waals surface area contributed by atoms with Crippen molar-refractivity contribution in [2.75, 3.05) is 59.3 Å². The number of hydrogen-bond acceptors (Lipinski definition) is 10. The van der Waals surface area contributed by atoms with Crippen LogP contribution in [-0.4, -0.2) is 104 Å². The molecule has 0 saturated carbocycles. The molecule has 3 atom stereocenters. The number of nitrogens with one attached hydrogen (secondary N) is 2. The summed E-state index contributed by atoms with van der Waals surface area (Å²) >= 11 is 1.58. The molecule has 1 saturated heterocycles. The zero-order chi connectivity index (χ0) is 32.1. The molecule has 1 aromatic heterocycles. The number of nitrogens with zero attached hydrogens (tertiary/aromatic N) is 2. The number of rotatable bonds is 17. The van der Waals surface area contributed by atoms with E-state index in [1.54, 1.807) is 11.3 Å². The van der Waals surface area contributed by atoms with E-state index in [-0.39, 0.29) is 43.8 Å². The molecule has 44 heavy (non-hydrogen) atoms. The molecule has 1 fully saturated rings. The molecule has 3 amide bonds. The number of hydrogen-bond donors (Lipinski definition) is 4. The number of ether oxygens (including phenoxy) is 3. The summed E-state index contributed by atoms with van der Waals surface area (Å²) < 4.78 is 16.1. The Morgan fingerprint density at radius 2 is 1.68 bits per heavy atom. The van der Waals surface area contributed by atoms with Gasteiger partial charge in [0.15, 0.2) is 0 Å². The van der Waals surface area contributed by atoms with E-state index in [0.717, 1.165) is 21.7 Å². The van der Waals surface area contributed by atoms with Gasteiger partial charge in [0.25, 0.3) is 0 Å². The molecule has 244 valence electrons. The van der Waals surface area contributed by atoms with E-state index in [2.05, 4.69) is 15.6 Å². The first-order valence-electron chi connectivity index (χ1n) is 15.0. The summed E-state index contributed by atoms with van der Waals surface area (Å²) in [5, 5.41) is 16.4. The molecule has 0 radical (unpaired) electrons. The van der Waals surface area contributed by atoms with E-state index >= 15 is 0 Å². The van der Waals surface area contributed by atoms with E-state index in [4.69, 9.17) is 19.9 Å². The topological polar surface area (TPSA) is 165 Å². The standard InChI is InChI=1S/C31H47N5O7S/c1-21-27(44-20-34-21)23-7-5-22(6-8-23)17-33-29(39)24-18-36(19-25(24)37)30(40)28(31(2,3)4)35-26(38)9-11-41-13-15-43-16-14-42-12-10-32/h5-8,20,24-25,28,37H,9-19,32H2,1-4H3,(H,33,39)(H,35,38)/t24-,25-,28+/m1/s1. The lowest BCUT2D eigenvalue weighted by Gasteiger charge is -2.33. The number of benzene rings is 1. The van der Waals surface area contributed by atoms with Crippen molar-refractivity contribution in [3.05, 3.63) is 41.0 Å². The van der Waals surface area contributed by atoms with Gasteiger partial charge in [0, 0.05) is 32.6 Å². The molecule has 2 aromatic rings. The van der Waals surface area contributed by atoms with Crippen LogP contribution in [0.1, 0.15) is 38.4 Å². The van der Waals surface area contributed by atoms with Gasteiger partial charge >= 0.3 is 0 Å². The van der Waals surface area contributed by atoms with Crippen molar-refractivity contribution in [1.82, 2.24) is 20.5 Å². The number of amides is 3. The third-order valence-electron chi connectivity index (χ3n) is 7.26. The van der Waals surface area contributed by atoms with Crippen molar-refractivity contribution >= 4 is 29.1 Å². The molecule has 0 bridgehead atoms.